The van der Waals surface area contributed by atoms with Crippen LogP contribution in [0, 0.1) is 0 Å². The van der Waals surface area contributed by atoms with Crippen LogP contribution in [-0.4, -0.2) is 57.3 Å². The first-order chi connectivity index (χ1) is 17.0. The van der Waals surface area contributed by atoms with E-state index in [1.54, 1.807) is 0 Å². The monoisotopic (exact) mass is 495 g/mol. The van der Waals surface area contributed by atoms with Crippen LogP contribution >= 0.6 is 0 Å². The summed E-state index contributed by atoms with van der Waals surface area (Å²) < 4.78 is 0. The third-order valence-electron chi connectivity index (χ3n) is 6.03. The lowest BCUT2D eigenvalue weighted by Gasteiger charge is -2.27. The molecule has 0 radical (unpaired) electrons. The van der Waals surface area contributed by atoms with Crippen molar-refractivity contribution in [3.8, 4) is 0 Å². The van der Waals surface area contributed by atoms with Gasteiger partial charge in [0, 0.05) is 0 Å². The second kappa shape index (κ2) is 24.2. The summed E-state index contributed by atoms with van der Waals surface area (Å²) in [5.41, 5.74) is 0. The van der Waals surface area contributed by atoms with Crippen LogP contribution in [0.2, 0.25) is 0 Å². The summed E-state index contributed by atoms with van der Waals surface area (Å²) in [5.74, 6) is -0.620. The van der Waals surface area contributed by atoms with Gasteiger partial charge >= 0.3 is 0 Å². The first-order valence-corrected chi connectivity index (χ1v) is 13.9. The van der Waals surface area contributed by atoms with Crippen molar-refractivity contribution in [1.82, 2.24) is 5.32 Å². The Morgan fingerprint density at radius 1 is 0.686 bits per heavy atom. The lowest BCUT2D eigenvalue weighted by Crippen LogP contribution is -2.53. The molecule has 0 aliphatic rings. The molecule has 0 spiro atoms. The number of unbranched alkanes of at least 4 members (excludes halogenated alkanes) is 8. The Kier molecular flexibility index (Phi) is 23.2. The molecule has 0 aliphatic heterocycles. The molecule has 0 fully saturated rings. The molecule has 0 bridgehead atoms. The van der Waals surface area contributed by atoms with Gasteiger partial charge in [-0.3, -0.25) is 4.79 Å². The molecule has 0 saturated heterocycles. The number of nitrogens with one attached hydrogen (secondary N) is 1. The van der Waals surface area contributed by atoms with Gasteiger partial charge in [0.1, 0.15) is 12.2 Å². The Balaban J connectivity index is 4.09. The van der Waals surface area contributed by atoms with Crippen LogP contribution in [0.15, 0.2) is 36.5 Å². The van der Waals surface area contributed by atoms with Crippen molar-refractivity contribution in [3.05, 3.63) is 36.5 Å². The number of hydrogen-bond donors (Lipinski definition) is 5. The Hall–Kier alpha value is -1.47. The van der Waals surface area contributed by atoms with Crippen LogP contribution in [0.1, 0.15) is 110 Å². The van der Waals surface area contributed by atoms with E-state index in [-0.39, 0.29) is 0 Å². The summed E-state index contributed by atoms with van der Waals surface area (Å²) in [6.45, 7) is 3.83. The highest BCUT2D eigenvalue weighted by Gasteiger charge is 2.28. The van der Waals surface area contributed by atoms with Crippen LogP contribution in [0.4, 0.5) is 0 Å². The number of carbonyl (C=O) groups excluding carboxylic acids is 1. The largest absolute Gasteiger partial charge is 0.394 e. The van der Waals surface area contributed by atoms with Gasteiger partial charge in [0.25, 0.3) is 0 Å². The quantitative estimate of drug-likeness (QED) is 0.1000. The van der Waals surface area contributed by atoms with Gasteiger partial charge in [0.2, 0.25) is 5.91 Å². The molecule has 4 unspecified atom stereocenters. The average molecular weight is 496 g/mol. The maximum absolute atomic E-state index is 12.3. The van der Waals surface area contributed by atoms with Gasteiger partial charge in [-0.1, -0.05) is 82.4 Å². The van der Waals surface area contributed by atoms with Gasteiger partial charge < -0.3 is 25.7 Å². The Labute approximate surface area is 214 Å². The van der Waals surface area contributed by atoms with Crippen LogP contribution < -0.4 is 5.32 Å². The molecule has 6 heteroatoms. The molecule has 1 amide bonds. The van der Waals surface area contributed by atoms with Crippen molar-refractivity contribution < 1.29 is 25.2 Å². The summed E-state index contributed by atoms with van der Waals surface area (Å²) in [7, 11) is 0. The zero-order chi connectivity index (χ0) is 26.2. The highest BCUT2D eigenvalue weighted by molar-refractivity contribution is 5.80. The highest BCUT2D eigenvalue weighted by Crippen LogP contribution is 2.11. The Morgan fingerprint density at radius 2 is 1.26 bits per heavy atom. The van der Waals surface area contributed by atoms with E-state index < -0.39 is 36.9 Å². The van der Waals surface area contributed by atoms with E-state index in [4.69, 9.17) is 0 Å². The second-order valence-electron chi connectivity index (χ2n) is 9.36. The lowest BCUT2D eigenvalue weighted by molar-refractivity contribution is -0.132. The first-order valence-electron chi connectivity index (χ1n) is 13.9. The standard InChI is InChI=1S/C29H53NO5/c1-3-5-7-9-11-13-15-16-18-20-22-26(32)28(34)25(24-31)30-29(35)27(33)23-21-19-17-14-12-10-8-6-4-2/h7,9-10,12,15-16,25-28,31-34H,3-6,8,11,13-14,17-24H2,1-2H3,(H,30,35)/b9-7+,12-10-,16-15+. The summed E-state index contributed by atoms with van der Waals surface area (Å²) in [4.78, 5) is 12.3. The van der Waals surface area contributed by atoms with Crippen molar-refractivity contribution in [1.29, 1.82) is 0 Å². The fourth-order valence-electron chi connectivity index (χ4n) is 3.70. The molecule has 204 valence electrons. The molecule has 0 aliphatic carbocycles. The minimum atomic E-state index is -1.29. The molecule has 0 saturated carbocycles. The highest BCUT2D eigenvalue weighted by atomic mass is 16.3. The van der Waals surface area contributed by atoms with E-state index in [9.17, 15) is 25.2 Å². The first kappa shape index (κ1) is 33.5. The maximum atomic E-state index is 12.3. The molecule has 0 aromatic carbocycles. The number of hydrogen-bond acceptors (Lipinski definition) is 5. The molecule has 0 heterocycles. The Bertz CT molecular complexity index is 575. The Morgan fingerprint density at radius 3 is 1.86 bits per heavy atom. The second-order valence-corrected chi connectivity index (χ2v) is 9.36. The predicted octanol–water partition coefficient (Wildman–Crippen LogP) is 5.11. The van der Waals surface area contributed by atoms with E-state index in [0.717, 1.165) is 57.8 Å². The van der Waals surface area contributed by atoms with Crippen molar-refractivity contribution in [2.24, 2.45) is 0 Å². The van der Waals surface area contributed by atoms with Gasteiger partial charge in [-0.25, -0.2) is 0 Å². The van der Waals surface area contributed by atoms with E-state index in [2.05, 4.69) is 55.6 Å². The topological polar surface area (TPSA) is 110 Å². The number of carbonyl (C=O) groups is 1. The summed E-state index contributed by atoms with van der Waals surface area (Å²) >= 11 is 0. The minimum absolute atomic E-state index is 0.336. The molecule has 35 heavy (non-hydrogen) atoms. The van der Waals surface area contributed by atoms with Gasteiger partial charge in [-0.15, -0.1) is 0 Å². The van der Waals surface area contributed by atoms with E-state index in [1.807, 2.05) is 0 Å². The van der Waals surface area contributed by atoms with Crippen molar-refractivity contribution >= 4 is 5.91 Å². The fraction of sp³-hybridized carbons (Fsp3) is 0.759. The maximum Gasteiger partial charge on any atom is 0.249 e. The van der Waals surface area contributed by atoms with Gasteiger partial charge in [0.05, 0.1) is 18.8 Å². The van der Waals surface area contributed by atoms with Crippen LogP contribution in [0.5, 0.6) is 0 Å². The van der Waals surface area contributed by atoms with Crippen LogP contribution in [0.25, 0.3) is 0 Å². The zero-order valence-electron chi connectivity index (χ0n) is 22.3. The summed E-state index contributed by atoms with van der Waals surface area (Å²) in [6.07, 6.45) is 23.2. The number of aliphatic hydroxyl groups is 4. The number of aliphatic hydroxyl groups excluding tert-OH is 4. The smallest absolute Gasteiger partial charge is 0.249 e. The summed E-state index contributed by atoms with van der Waals surface area (Å²) in [5, 5.41) is 42.8. The van der Waals surface area contributed by atoms with E-state index >= 15 is 0 Å². The van der Waals surface area contributed by atoms with Crippen molar-refractivity contribution in [2.45, 2.75) is 135 Å². The van der Waals surface area contributed by atoms with Gasteiger partial charge in [0.15, 0.2) is 0 Å². The molecular formula is C29H53NO5. The van der Waals surface area contributed by atoms with E-state index in [0.29, 0.717) is 19.3 Å². The molecular weight excluding hydrogens is 442 g/mol. The fourth-order valence-corrected chi connectivity index (χ4v) is 3.70. The normalized spacial score (nSPS) is 15.7. The third kappa shape index (κ3) is 19.4. The summed E-state index contributed by atoms with van der Waals surface area (Å²) in [6, 6.07) is -1.01. The minimum Gasteiger partial charge on any atom is -0.394 e. The number of allylic oxidation sites excluding steroid dienone is 6. The average Bonchev–Trinajstić information content (AvgIpc) is 2.86. The van der Waals surface area contributed by atoms with Crippen LogP contribution in [0.3, 0.4) is 0 Å². The van der Waals surface area contributed by atoms with Gasteiger partial charge in [-0.2, -0.15) is 0 Å². The number of rotatable bonds is 23. The molecule has 0 aromatic heterocycles. The lowest BCUT2D eigenvalue weighted by atomic mass is 10.00. The number of amides is 1. The molecule has 0 rings (SSSR count). The zero-order valence-corrected chi connectivity index (χ0v) is 22.3. The molecule has 0 aromatic rings. The van der Waals surface area contributed by atoms with Crippen molar-refractivity contribution in [2.75, 3.05) is 6.61 Å². The SMILES string of the molecule is CCC/C=C/CC/C=C/CCCC(O)C(O)C(CO)NC(=O)C(O)CCCCC/C=C\CCCC. The van der Waals surface area contributed by atoms with Gasteiger partial charge in [-0.05, 0) is 64.2 Å². The third-order valence-corrected chi connectivity index (χ3v) is 6.03. The molecule has 6 nitrogen and oxygen atoms in total. The van der Waals surface area contributed by atoms with E-state index in [1.165, 1.54) is 19.3 Å². The van der Waals surface area contributed by atoms with Crippen LogP contribution in [-0.2, 0) is 4.79 Å². The van der Waals surface area contributed by atoms with Crippen molar-refractivity contribution in [3.63, 3.8) is 0 Å². The predicted molar refractivity (Wildman–Crippen MR) is 145 cm³/mol. The molecule has 5 N–H and O–H groups in total. The molecule has 4 atom stereocenters.